The van der Waals surface area contributed by atoms with Gasteiger partial charge in [0, 0.05) is 28.9 Å². The maximum Gasteiger partial charge on any atom is 0.341 e. The molecular formula is C27H28N4O5S3. The van der Waals surface area contributed by atoms with E-state index in [4.69, 9.17) is 21.7 Å². The summed E-state index contributed by atoms with van der Waals surface area (Å²) in [5, 5.41) is 10.0. The van der Waals surface area contributed by atoms with Crippen molar-refractivity contribution < 1.29 is 23.9 Å². The van der Waals surface area contributed by atoms with Crippen molar-refractivity contribution in [2.75, 3.05) is 42.5 Å². The molecular weight excluding hydrogens is 557 g/mol. The molecule has 4 rings (SSSR count). The molecule has 12 heteroatoms. The number of nitrogens with zero attached hydrogens (tertiary/aromatic N) is 1. The van der Waals surface area contributed by atoms with E-state index in [0.717, 1.165) is 26.7 Å². The quantitative estimate of drug-likeness (QED) is 0.192. The van der Waals surface area contributed by atoms with E-state index in [9.17, 15) is 14.4 Å². The number of ether oxygens (including phenoxy) is 2. The van der Waals surface area contributed by atoms with E-state index in [0.29, 0.717) is 40.9 Å². The number of thiophene rings is 1. The second-order valence-corrected chi connectivity index (χ2v) is 11.1. The fraction of sp³-hybridized carbons (Fsp3) is 0.259. The number of amides is 2. The number of para-hydroxylation sites is 2. The van der Waals surface area contributed by atoms with Gasteiger partial charge in [-0.25, -0.2) is 4.79 Å². The molecule has 2 heterocycles. The van der Waals surface area contributed by atoms with Crippen LogP contribution in [0.2, 0.25) is 0 Å². The molecule has 1 aromatic heterocycles. The van der Waals surface area contributed by atoms with Crippen molar-refractivity contribution in [1.82, 2.24) is 4.90 Å². The van der Waals surface area contributed by atoms with Crippen molar-refractivity contribution >= 4 is 74.6 Å². The van der Waals surface area contributed by atoms with Crippen LogP contribution in [-0.4, -0.2) is 54.3 Å². The zero-order valence-corrected chi connectivity index (χ0v) is 24.1. The summed E-state index contributed by atoms with van der Waals surface area (Å²) >= 11 is 8.11. The summed E-state index contributed by atoms with van der Waals surface area (Å²) < 4.78 is 10.3. The van der Waals surface area contributed by atoms with Crippen molar-refractivity contribution in [3.05, 3.63) is 64.5 Å². The average Bonchev–Trinajstić information content (AvgIpc) is 3.28. The molecule has 0 unspecified atom stereocenters. The molecule has 0 spiro atoms. The van der Waals surface area contributed by atoms with Crippen molar-refractivity contribution in [3.8, 4) is 5.75 Å². The summed E-state index contributed by atoms with van der Waals surface area (Å²) in [5.41, 5.74) is 2.72. The van der Waals surface area contributed by atoms with Gasteiger partial charge in [0.1, 0.15) is 10.8 Å². The molecule has 3 aromatic rings. The first-order valence-corrected chi connectivity index (χ1v) is 14.2. The molecule has 0 fully saturated rings. The Bertz CT molecular complexity index is 1410. The number of methoxy groups -OCH3 is 2. The minimum Gasteiger partial charge on any atom is -0.495 e. The molecule has 0 atom stereocenters. The van der Waals surface area contributed by atoms with E-state index in [1.54, 1.807) is 12.0 Å². The van der Waals surface area contributed by atoms with Crippen LogP contribution in [0.1, 0.15) is 27.7 Å². The molecule has 2 aromatic carbocycles. The summed E-state index contributed by atoms with van der Waals surface area (Å²) in [6, 6.07) is 15.0. The van der Waals surface area contributed by atoms with Crippen LogP contribution >= 0.6 is 35.3 Å². The topological polar surface area (TPSA) is 109 Å². The number of hydrogen-bond acceptors (Lipinski definition) is 8. The highest BCUT2D eigenvalue weighted by atomic mass is 32.2. The Morgan fingerprint density at radius 1 is 1.08 bits per heavy atom. The molecule has 2 amide bonds. The Balaban J connectivity index is 1.38. The molecule has 0 radical (unpaired) electrons. The van der Waals surface area contributed by atoms with Gasteiger partial charge in [-0.1, -0.05) is 18.2 Å². The Kier molecular flexibility index (Phi) is 9.44. The van der Waals surface area contributed by atoms with Crippen LogP contribution in [0.4, 0.5) is 16.4 Å². The number of thiocarbonyl (C=S) groups is 1. The highest BCUT2D eigenvalue weighted by Crippen LogP contribution is 2.38. The first-order valence-electron chi connectivity index (χ1n) is 12.0. The summed E-state index contributed by atoms with van der Waals surface area (Å²) in [5.74, 6) is 0.0387. The summed E-state index contributed by atoms with van der Waals surface area (Å²) in [4.78, 5) is 40.7. The lowest BCUT2D eigenvalue weighted by Gasteiger charge is -2.25. The maximum absolute atomic E-state index is 12.9. The standard InChI is InChI=1S/C27H28N4O5S3/c1-16(32)31-12-11-19-22(14-31)39-25(24(19)26(34)36-3)30-23(33)15-38-18-8-6-7-17(13-18)28-27(37)29-20-9-4-5-10-21(20)35-2/h4-10,13H,11-12,14-15H2,1-3H3,(H,30,33)(H2,28,29,37). The lowest BCUT2D eigenvalue weighted by molar-refractivity contribution is -0.129. The van der Waals surface area contributed by atoms with E-state index >= 15 is 0 Å². The van der Waals surface area contributed by atoms with Gasteiger partial charge >= 0.3 is 5.97 Å². The van der Waals surface area contributed by atoms with Gasteiger partial charge in [-0.15, -0.1) is 23.1 Å². The van der Waals surface area contributed by atoms with Crippen molar-refractivity contribution in [1.29, 1.82) is 0 Å². The van der Waals surface area contributed by atoms with Gasteiger partial charge in [0.05, 0.1) is 37.8 Å². The molecule has 1 aliphatic heterocycles. The van der Waals surface area contributed by atoms with Crippen LogP contribution in [-0.2, 0) is 27.3 Å². The van der Waals surface area contributed by atoms with Crippen molar-refractivity contribution in [2.45, 2.75) is 24.8 Å². The van der Waals surface area contributed by atoms with Crippen LogP contribution in [0, 0.1) is 0 Å². The van der Waals surface area contributed by atoms with E-state index in [-0.39, 0.29) is 17.6 Å². The maximum atomic E-state index is 12.9. The van der Waals surface area contributed by atoms with Crippen molar-refractivity contribution in [2.24, 2.45) is 0 Å². The molecule has 204 valence electrons. The summed E-state index contributed by atoms with van der Waals surface area (Å²) in [6.07, 6.45) is 0.536. The highest BCUT2D eigenvalue weighted by molar-refractivity contribution is 8.00. The van der Waals surface area contributed by atoms with Gasteiger partial charge < -0.3 is 30.3 Å². The van der Waals surface area contributed by atoms with E-state index in [1.807, 2.05) is 48.5 Å². The molecule has 39 heavy (non-hydrogen) atoms. The van der Waals surface area contributed by atoms with E-state index in [2.05, 4.69) is 16.0 Å². The number of fused-ring (bicyclic) bond motifs is 1. The predicted octanol–water partition coefficient (Wildman–Crippen LogP) is 4.99. The van der Waals surface area contributed by atoms with Crippen LogP contribution in [0.3, 0.4) is 0 Å². The molecule has 1 aliphatic rings. The number of esters is 1. The third kappa shape index (κ3) is 7.08. The minimum absolute atomic E-state index is 0.0243. The number of hydrogen-bond donors (Lipinski definition) is 3. The molecule has 0 saturated heterocycles. The first kappa shape index (κ1) is 28.4. The van der Waals surface area contributed by atoms with Crippen LogP contribution in [0.25, 0.3) is 0 Å². The number of thioether (sulfide) groups is 1. The molecule has 9 nitrogen and oxygen atoms in total. The smallest absolute Gasteiger partial charge is 0.341 e. The minimum atomic E-state index is -0.497. The first-order chi connectivity index (χ1) is 18.8. The number of carbonyl (C=O) groups excluding carboxylic acids is 3. The second kappa shape index (κ2) is 13.0. The fourth-order valence-corrected chi connectivity index (χ4v) is 6.34. The molecule has 0 aliphatic carbocycles. The molecule has 0 bridgehead atoms. The normalized spacial score (nSPS) is 12.2. The third-order valence-electron chi connectivity index (χ3n) is 5.96. The van der Waals surface area contributed by atoms with Crippen molar-refractivity contribution in [3.63, 3.8) is 0 Å². The zero-order chi connectivity index (χ0) is 27.9. The van der Waals surface area contributed by atoms with Gasteiger partial charge in [-0.3, -0.25) is 9.59 Å². The lowest BCUT2D eigenvalue weighted by Crippen LogP contribution is -2.33. The Morgan fingerprint density at radius 3 is 2.62 bits per heavy atom. The zero-order valence-electron chi connectivity index (χ0n) is 21.7. The van der Waals surface area contributed by atoms with Gasteiger partial charge in [0.15, 0.2) is 5.11 Å². The number of carbonyl (C=O) groups is 3. The van der Waals surface area contributed by atoms with Crippen LogP contribution in [0.15, 0.2) is 53.4 Å². The Hall–Kier alpha value is -3.61. The fourth-order valence-electron chi connectivity index (χ4n) is 4.09. The number of benzene rings is 2. The highest BCUT2D eigenvalue weighted by Gasteiger charge is 2.30. The van der Waals surface area contributed by atoms with Gasteiger partial charge in [-0.2, -0.15) is 0 Å². The largest absolute Gasteiger partial charge is 0.495 e. The third-order valence-corrected chi connectivity index (χ3v) is 8.29. The van der Waals surface area contributed by atoms with E-state index < -0.39 is 5.97 Å². The predicted molar refractivity (Wildman–Crippen MR) is 159 cm³/mol. The number of anilines is 3. The number of nitrogens with one attached hydrogen (secondary N) is 3. The summed E-state index contributed by atoms with van der Waals surface area (Å²) in [6.45, 7) is 2.46. The van der Waals surface area contributed by atoms with Gasteiger partial charge in [0.25, 0.3) is 0 Å². The molecule has 0 saturated carbocycles. The molecule has 3 N–H and O–H groups in total. The van der Waals surface area contributed by atoms with E-state index in [1.165, 1.54) is 37.1 Å². The van der Waals surface area contributed by atoms with Gasteiger partial charge in [-0.05, 0) is 54.5 Å². The monoisotopic (exact) mass is 584 g/mol. The Morgan fingerprint density at radius 2 is 1.87 bits per heavy atom. The van der Waals surface area contributed by atoms with Crippen LogP contribution in [0.5, 0.6) is 5.75 Å². The van der Waals surface area contributed by atoms with Crippen LogP contribution < -0.4 is 20.7 Å². The SMILES string of the molecule is COC(=O)c1c(NC(=O)CSc2cccc(NC(=S)Nc3ccccc3OC)c2)sc2c1CCN(C(C)=O)C2. The lowest BCUT2D eigenvalue weighted by atomic mass is 10.0. The summed E-state index contributed by atoms with van der Waals surface area (Å²) in [7, 11) is 2.91. The second-order valence-electron chi connectivity index (χ2n) is 8.53. The number of rotatable bonds is 8. The average molecular weight is 585 g/mol. The van der Waals surface area contributed by atoms with Gasteiger partial charge in [0.2, 0.25) is 11.8 Å². The Labute approximate surface area is 240 Å².